The third kappa shape index (κ3) is 2.59. The third-order valence-electron chi connectivity index (χ3n) is 1.56. The second-order valence-electron chi connectivity index (χ2n) is 2.51. The van der Waals surface area contributed by atoms with Gasteiger partial charge in [0.05, 0.1) is 0 Å². The largest absolute Gasteiger partial charge is 0.431 e. The summed E-state index contributed by atoms with van der Waals surface area (Å²) in [5.74, 6) is -1.89. The number of halogens is 2. The summed E-state index contributed by atoms with van der Waals surface area (Å²) in [5, 5.41) is 0. The zero-order chi connectivity index (χ0) is 10.6. The highest BCUT2D eigenvalue weighted by molar-refractivity contribution is 7.53. The number of rotatable bonds is 3. The molecule has 0 aliphatic rings. The normalized spacial score (nSPS) is 13.0. The van der Waals surface area contributed by atoms with Gasteiger partial charge in [-0.2, -0.15) is 13.4 Å². The summed E-state index contributed by atoms with van der Waals surface area (Å²) in [7, 11) is -5.44. The van der Waals surface area contributed by atoms with E-state index in [9.17, 15) is 17.8 Å². The molecule has 1 aromatic carbocycles. The smallest absolute Gasteiger partial charge is 0.247 e. The Balaban J connectivity index is 3.14. The molecular formula is C8H6F2NO2P. The maximum Gasteiger partial charge on any atom is 0.431 e. The van der Waals surface area contributed by atoms with E-state index in [0.717, 1.165) is 6.08 Å². The van der Waals surface area contributed by atoms with Crippen LogP contribution in [0.1, 0.15) is 11.3 Å². The Morgan fingerprint density at radius 3 is 2.29 bits per heavy atom. The Hall–Kier alpha value is -1.31. The number of hydrogen-bond acceptors (Lipinski definition) is 3. The molecule has 0 saturated heterocycles. The molecule has 6 heteroatoms. The van der Waals surface area contributed by atoms with Gasteiger partial charge in [0.1, 0.15) is 0 Å². The second-order valence-corrected chi connectivity index (χ2v) is 4.00. The van der Waals surface area contributed by atoms with Gasteiger partial charge in [0, 0.05) is 0 Å². The molecule has 0 spiro atoms. The molecule has 0 heterocycles. The van der Waals surface area contributed by atoms with Crippen LogP contribution in [0.15, 0.2) is 35.3 Å². The van der Waals surface area contributed by atoms with E-state index in [0.29, 0.717) is 0 Å². The van der Waals surface area contributed by atoms with Crippen molar-refractivity contribution in [1.82, 2.24) is 0 Å². The first-order valence-corrected chi connectivity index (χ1v) is 5.22. The maximum atomic E-state index is 12.5. The van der Waals surface area contributed by atoms with Gasteiger partial charge in [0.25, 0.3) is 0 Å². The minimum Gasteiger partial charge on any atom is -0.247 e. The fourth-order valence-corrected chi connectivity index (χ4v) is 1.69. The summed E-state index contributed by atoms with van der Waals surface area (Å²) in [6.45, 7) is 0. The van der Waals surface area contributed by atoms with Crippen LogP contribution in [0.2, 0.25) is 0 Å². The molecule has 0 aliphatic heterocycles. The van der Waals surface area contributed by atoms with Crippen molar-refractivity contribution in [3.8, 4) is 0 Å². The highest BCUT2D eigenvalue weighted by Crippen LogP contribution is 2.62. The zero-order valence-corrected chi connectivity index (χ0v) is 7.83. The van der Waals surface area contributed by atoms with Crippen LogP contribution in [0.5, 0.6) is 0 Å². The monoisotopic (exact) mass is 217 g/mol. The van der Waals surface area contributed by atoms with Crippen LogP contribution in [-0.2, 0) is 9.36 Å². The molecule has 0 aromatic heterocycles. The maximum absolute atomic E-state index is 12.5. The molecule has 0 radical (unpaired) electrons. The SMILES string of the molecule is O=C=NC(c1ccccc1)P(=O)(F)F. The molecule has 0 aliphatic carbocycles. The van der Waals surface area contributed by atoms with Gasteiger partial charge in [-0.25, -0.2) is 9.36 Å². The van der Waals surface area contributed by atoms with Gasteiger partial charge in [-0.1, -0.05) is 30.3 Å². The average molecular weight is 217 g/mol. The van der Waals surface area contributed by atoms with E-state index in [1.807, 2.05) is 0 Å². The Labute approximate surface area is 79.1 Å². The molecule has 1 rings (SSSR count). The Morgan fingerprint density at radius 1 is 1.29 bits per heavy atom. The van der Waals surface area contributed by atoms with Crippen LogP contribution in [0.4, 0.5) is 8.39 Å². The minimum absolute atomic E-state index is 0.0455. The lowest BCUT2D eigenvalue weighted by Crippen LogP contribution is -1.90. The second kappa shape index (κ2) is 4.27. The average Bonchev–Trinajstić information content (AvgIpc) is 2.14. The van der Waals surface area contributed by atoms with Crippen molar-refractivity contribution >= 4 is 13.8 Å². The molecule has 1 atom stereocenters. The quantitative estimate of drug-likeness (QED) is 0.443. The fourth-order valence-electron chi connectivity index (χ4n) is 0.990. The van der Waals surface area contributed by atoms with Gasteiger partial charge >= 0.3 is 7.76 Å². The first kappa shape index (κ1) is 10.8. The van der Waals surface area contributed by atoms with E-state index < -0.39 is 13.5 Å². The topological polar surface area (TPSA) is 46.5 Å². The van der Waals surface area contributed by atoms with Crippen molar-refractivity contribution in [3.05, 3.63) is 35.9 Å². The molecular weight excluding hydrogens is 211 g/mol. The number of isocyanates is 1. The van der Waals surface area contributed by atoms with E-state index in [-0.39, 0.29) is 5.56 Å². The summed E-state index contributed by atoms with van der Waals surface area (Å²) in [6.07, 6.45) is 0.996. The molecule has 3 nitrogen and oxygen atoms in total. The van der Waals surface area contributed by atoms with Crippen LogP contribution >= 0.6 is 7.76 Å². The van der Waals surface area contributed by atoms with Crippen LogP contribution in [0, 0.1) is 0 Å². The number of aliphatic imine (C=N–C) groups is 1. The van der Waals surface area contributed by atoms with E-state index in [4.69, 9.17) is 0 Å². The van der Waals surface area contributed by atoms with E-state index in [1.165, 1.54) is 24.3 Å². The van der Waals surface area contributed by atoms with Crippen molar-refractivity contribution in [3.63, 3.8) is 0 Å². The van der Waals surface area contributed by atoms with Gasteiger partial charge in [0.2, 0.25) is 6.08 Å². The van der Waals surface area contributed by atoms with Crippen molar-refractivity contribution in [2.45, 2.75) is 5.78 Å². The van der Waals surface area contributed by atoms with Crippen LogP contribution in [0.25, 0.3) is 0 Å². The standard InChI is InChI=1S/C8H6F2NO2P/c9-14(10,13)8(11-6-12)7-4-2-1-3-5-7/h1-5,8H. The summed E-state index contributed by atoms with van der Waals surface area (Å²) >= 11 is 0. The van der Waals surface area contributed by atoms with Crippen molar-refractivity contribution in [2.75, 3.05) is 0 Å². The lowest BCUT2D eigenvalue weighted by molar-refractivity contribution is 0.478. The Morgan fingerprint density at radius 2 is 1.86 bits per heavy atom. The molecule has 1 unspecified atom stereocenters. The predicted octanol–water partition coefficient (Wildman–Crippen LogP) is 3.15. The molecule has 0 bridgehead atoms. The van der Waals surface area contributed by atoms with Crippen molar-refractivity contribution < 1.29 is 17.8 Å². The van der Waals surface area contributed by atoms with Gasteiger partial charge < -0.3 is 0 Å². The number of benzene rings is 1. The Kier molecular flexibility index (Phi) is 3.28. The summed E-state index contributed by atoms with van der Waals surface area (Å²) < 4.78 is 35.6. The first-order valence-electron chi connectivity index (χ1n) is 3.66. The summed E-state index contributed by atoms with van der Waals surface area (Å²) in [4.78, 5) is 12.7. The molecule has 0 saturated carbocycles. The van der Waals surface area contributed by atoms with Gasteiger partial charge in [-0.05, 0) is 5.56 Å². The molecule has 14 heavy (non-hydrogen) atoms. The van der Waals surface area contributed by atoms with Gasteiger partial charge in [-0.3, -0.25) is 0 Å². The lowest BCUT2D eigenvalue weighted by atomic mass is 10.2. The highest BCUT2D eigenvalue weighted by Gasteiger charge is 2.34. The Bertz CT molecular complexity index is 397. The number of hydrogen-bond donors (Lipinski definition) is 0. The molecule has 1 aromatic rings. The van der Waals surface area contributed by atoms with Gasteiger partial charge in [0.15, 0.2) is 5.78 Å². The molecule has 74 valence electrons. The summed E-state index contributed by atoms with van der Waals surface area (Å²) in [6, 6.07) is 7.28. The van der Waals surface area contributed by atoms with E-state index >= 15 is 0 Å². The minimum atomic E-state index is -5.44. The molecule has 0 amide bonds. The molecule has 0 fully saturated rings. The van der Waals surface area contributed by atoms with Gasteiger partial charge in [-0.15, -0.1) is 0 Å². The summed E-state index contributed by atoms with van der Waals surface area (Å²) in [5.41, 5.74) is 0.0455. The predicted molar refractivity (Wildman–Crippen MR) is 47.1 cm³/mol. The van der Waals surface area contributed by atoms with E-state index in [2.05, 4.69) is 4.99 Å². The first-order chi connectivity index (χ1) is 6.55. The van der Waals surface area contributed by atoms with Crippen LogP contribution in [0.3, 0.4) is 0 Å². The number of carbonyl (C=O) groups excluding carboxylic acids is 1. The number of nitrogens with zero attached hydrogens (tertiary/aromatic N) is 1. The third-order valence-corrected chi connectivity index (χ3v) is 2.54. The van der Waals surface area contributed by atoms with Crippen molar-refractivity contribution in [1.29, 1.82) is 0 Å². The lowest BCUT2D eigenvalue weighted by Gasteiger charge is -2.08. The fraction of sp³-hybridized carbons (Fsp3) is 0.125. The van der Waals surface area contributed by atoms with Crippen LogP contribution in [-0.4, -0.2) is 6.08 Å². The van der Waals surface area contributed by atoms with Crippen molar-refractivity contribution in [2.24, 2.45) is 4.99 Å². The van der Waals surface area contributed by atoms with Crippen LogP contribution < -0.4 is 0 Å². The van der Waals surface area contributed by atoms with E-state index in [1.54, 1.807) is 6.07 Å². The highest BCUT2D eigenvalue weighted by atomic mass is 31.2. The zero-order valence-electron chi connectivity index (χ0n) is 6.93. The molecule has 0 N–H and O–H groups in total.